The first-order valence-corrected chi connectivity index (χ1v) is 7.81. The van der Waals surface area contributed by atoms with Crippen LogP contribution < -0.4 is 4.90 Å². The summed E-state index contributed by atoms with van der Waals surface area (Å²) in [6, 6.07) is 12.1. The van der Waals surface area contributed by atoms with Gasteiger partial charge in [0.15, 0.2) is 0 Å². The molecule has 1 aliphatic heterocycles. The van der Waals surface area contributed by atoms with Gasteiger partial charge in [-0.25, -0.2) is 0 Å². The van der Waals surface area contributed by atoms with Crippen molar-refractivity contribution in [2.45, 2.75) is 0 Å². The van der Waals surface area contributed by atoms with Crippen molar-refractivity contribution < 1.29 is 4.74 Å². The summed E-state index contributed by atoms with van der Waals surface area (Å²) < 4.78 is 5.39. The fraction of sp³-hybridized carbons (Fsp3) is 0.250. The van der Waals surface area contributed by atoms with E-state index in [0.29, 0.717) is 0 Å². The molecule has 0 saturated carbocycles. The van der Waals surface area contributed by atoms with Crippen LogP contribution in [0.5, 0.6) is 0 Å². The maximum Gasteiger partial charge on any atom is 0.0916 e. The molecule has 3 rings (SSSR count). The van der Waals surface area contributed by atoms with E-state index in [9.17, 15) is 0 Å². The molecule has 2 aromatic rings. The van der Waals surface area contributed by atoms with Gasteiger partial charge in [-0.05, 0) is 35.4 Å². The van der Waals surface area contributed by atoms with Crippen molar-refractivity contribution in [1.29, 1.82) is 0 Å². The van der Waals surface area contributed by atoms with Crippen LogP contribution in [0.3, 0.4) is 0 Å². The van der Waals surface area contributed by atoms with Gasteiger partial charge in [0, 0.05) is 23.0 Å². The van der Waals surface area contributed by atoms with Gasteiger partial charge >= 0.3 is 0 Å². The molecule has 0 spiro atoms. The Morgan fingerprint density at radius 2 is 1.80 bits per heavy atom. The van der Waals surface area contributed by atoms with Crippen LogP contribution >= 0.6 is 22.9 Å². The molecule has 0 amide bonds. The number of ether oxygens (including phenoxy) is 1. The molecule has 20 heavy (non-hydrogen) atoms. The number of halogens is 1. The number of thiophene rings is 1. The van der Waals surface area contributed by atoms with E-state index >= 15 is 0 Å². The summed E-state index contributed by atoms with van der Waals surface area (Å²) in [5, 5.41) is 2.04. The molecule has 1 fully saturated rings. The smallest absolute Gasteiger partial charge is 0.0916 e. The van der Waals surface area contributed by atoms with E-state index in [4.69, 9.17) is 16.3 Å². The van der Waals surface area contributed by atoms with Gasteiger partial charge in [-0.15, -0.1) is 11.3 Å². The molecule has 0 bridgehead atoms. The van der Waals surface area contributed by atoms with Crippen LogP contribution in [0.25, 0.3) is 5.57 Å². The minimum Gasteiger partial charge on any atom is -0.378 e. The highest BCUT2D eigenvalue weighted by atomic mass is 35.5. The van der Waals surface area contributed by atoms with Crippen LogP contribution in [0.15, 0.2) is 43.0 Å². The summed E-state index contributed by atoms with van der Waals surface area (Å²) in [6.07, 6.45) is 0. The van der Waals surface area contributed by atoms with Crippen LogP contribution in [0.1, 0.15) is 10.4 Å². The highest BCUT2D eigenvalue weighted by molar-refractivity contribution is 7.17. The second-order valence-corrected chi connectivity index (χ2v) is 6.22. The number of hydrogen-bond acceptors (Lipinski definition) is 3. The van der Waals surface area contributed by atoms with Crippen molar-refractivity contribution >= 4 is 33.5 Å². The normalized spacial score (nSPS) is 15.3. The van der Waals surface area contributed by atoms with Gasteiger partial charge in [-0.1, -0.05) is 30.3 Å². The highest BCUT2D eigenvalue weighted by Crippen LogP contribution is 2.33. The summed E-state index contributed by atoms with van der Waals surface area (Å²) >= 11 is 7.71. The maximum absolute atomic E-state index is 5.92. The lowest BCUT2D eigenvalue weighted by Gasteiger charge is -2.27. The first kappa shape index (κ1) is 13.7. The van der Waals surface area contributed by atoms with Gasteiger partial charge in [0.25, 0.3) is 0 Å². The Hall–Kier alpha value is -1.29. The van der Waals surface area contributed by atoms with E-state index < -0.39 is 0 Å². The van der Waals surface area contributed by atoms with Crippen LogP contribution in [0.4, 0.5) is 5.00 Å². The lowest BCUT2D eigenvalue weighted by Crippen LogP contribution is -2.35. The average Bonchev–Trinajstić information content (AvgIpc) is 2.98. The molecular weight excluding hydrogens is 290 g/mol. The number of hydrogen-bond donors (Lipinski definition) is 0. The van der Waals surface area contributed by atoms with Crippen molar-refractivity contribution in [2.75, 3.05) is 31.2 Å². The number of rotatable bonds is 3. The molecule has 0 radical (unpaired) electrons. The topological polar surface area (TPSA) is 12.5 Å². The molecule has 1 aromatic heterocycles. The van der Waals surface area contributed by atoms with E-state index in [1.54, 1.807) is 11.3 Å². The van der Waals surface area contributed by atoms with Crippen LogP contribution in [-0.2, 0) is 4.74 Å². The minimum absolute atomic E-state index is 0.752. The van der Waals surface area contributed by atoms with Crippen LogP contribution in [-0.4, -0.2) is 26.3 Å². The Morgan fingerprint density at radius 1 is 1.10 bits per heavy atom. The van der Waals surface area contributed by atoms with E-state index in [-0.39, 0.29) is 0 Å². The van der Waals surface area contributed by atoms with Gasteiger partial charge in [0.1, 0.15) is 0 Å². The minimum atomic E-state index is 0.752. The lowest BCUT2D eigenvalue weighted by molar-refractivity contribution is 0.123. The van der Waals surface area contributed by atoms with Crippen LogP contribution in [0, 0.1) is 0 Å². The fourth-order valence-electron chi connectivity index (χ4n) is 2.24. The lowest BCUT2D eigenvalue weighted by atomic mass is 10.1. The summed E-state index contributed by atoms with van der Waals surface area (Å²) in [7, 11) is 0. The zero-order chi connectivity index (χ0) is 13.9. The standard InChI is InChI=1S/C16H16ClNOS/c1-12(13-2-4-14(17)5-3-13)15-6-7-16(20-15)18-8-10-19-11-9-18/h2-7H,1,8-11H2. The van der Waals surface area contributed by atoms with Gasteiger partial charge in [-0.3, -0.25) is 0 Å². The third kappa shape index (κ3) is 2.90. The Labute approximate surface area is 128 Å². The third-order valence-corrected chi connectivity index (χ3v) is 4.86. The maximum atomic E-state index is 5.92. The summed E-state index contributed by atoms with van der Waals surface area (Å²) in [4.78, 5) is 3.57. The number of anilines is 1. The zero-order valence-corrected chi connectivity index (χ0v) is 12.7. The molecule has 0 unspecified atom stereocenters. The molecule has 1 aliphatic rings. The molecule has 4 heteroatoms. The van der Waals surface area contributed by atoms with Crippen molar-refractivity contribution in [1.82, 2.24) is 0 Å². The molecule has 1 aromatic carbocycles. The third-order valence-electron chi connectivity index (χ3n) is 3.40. The second kappa shape index (κ2) is 6.00. The SMILES string of the molecule is C=C(c1ccc(Cl)cc1)c1ccc(N2CCOCC2)s1. The molecule has 2 heterocycles. The highest BCUT2D eigenvalue weighted by Gasteiger charge is 2.14. The molecule has 0 aliphatic carbocycles. The summed E-state index contributed by atoms with van der Waals surface area (Å²) in [5.74, 6) is 0. The van der Waals surface area contributed by atoms with Gasteiger partial charge in [-0.2, -0.15) is 0 Å². The van der Waals surface area contributed by atoms with Gasteiger partial charge < -0.3 is 9.64 Å². The average molecular weight is 306 g/mol. The predicted molar refractivity (Wildman–Crippen MR) is 86.9 cm³/mol. The fourth-order valence-corrected chi connectivity index (χ4v) is 3.41. The van der Waals surface area contributed by atoms with Crippen molar-refractivity contribution in [3.05, 3.63) is 58.4 Å². The molecule has 104 valence electrons. The van der Waals surface area contributed by atoms with E-state index in [1.165, 1.54) is 9.88 Å². The first-order chi connectivity index (χ1) is 9.74. The predicted octanol–water partition coefficient (Wildman–Crippen LogP) is 4.30. The monoisotopic (exact) mass is 305 g/mol. The molecular formula is C16H16ClNOS. The Kier molecular flexibility index (Phi) is 4.10. The number of benzene rings is 1. The Morgan fingerprint density at radius 3 is 2.50 bits per heavy atom. The Bertz CT molecular complexity index is 599. The zero-order valence-electron chi connectivity index (χ0n) is 11.1. The quantitative estimate of drug-likeness (QED) is 0.838. The van der Waals surface area contributed by atoms with Crippen molar-refractivity contribution in [3.8, 4) is 0 Å². The van der Waals surface area contributed by atoms with Crippen LogP contribution in [0.2, 0.25) is 5.02 Å². The summed E-state index contributed by atoms with van der Waals surface area (Å²) in [6.45, 7) is 7.76. The molecule has 2 nitrogen and oxygen atoms in total. The van der Waals surface area contributed by atoms with Gasteiger partial charge in [0.2, 0.25) is 0 Å². The van der Waals surface area contributed by atoms with E-state index in [0.717, 1.165) is 42.5 Å². The first-order valence-electron chi connectivity index (χ1n) is 6.62. The van der Waals surface area contributed by atoms with Gasteiger partial charge in [0.05, 0.1) is 18.2 Å². The number of nitrogens with zero attached hydrogens (tertiary/aromatic N) is 1. The van der Waals surface area contributed by atoms with E-state index in [2.05, 4.69) is 23.6 Å². The van der Waals surface area contributed by atoms with Crippen molar-refractivity contribution in [3.63, 3.8) is 0 Å². The molecule has 0 atom stereocenters. The second-order valence-electron chi connectivity index (χ2n) is 4.72. The molecule has 0 N–H and O–H groups in total. The molecule has 1 saturated heterocycles. The van der Waals surface area contributed by atoms with Crippen molar-refractivity contribution in [2.24, 2.45) is 0 Å². The summed E-state index contributed by atoms with van der Waals surface area (Å²) in [5.41, 5.74) is 2.16. The largest absolute Gasteiger partial charge is 0.378 e. The van der Waals surface area contributed by atoms with E-state index in [1.807, 2.05) is 24.3 Å². The Balaban J connectivity index is 1.78. The number of morpholine rings is 1.